The summed E-state index contributed by atoms with van der Waals surface area (Å²) in [7, 11) is 0. The third kappa shape index (κ3) is 5.32. The number of hydrogen-bond donors (Lipinski definition) is 1. The molecule has 0 fully saturated rings. The molecule has 2 N–H and O–H groups in total. The molecule has 0 saturated heterocycles. The van der Waals surface area contributed by atoms with Crippen LogP contribution in [0.15, 0.2) is 71.1 Å². The van der Waals surface area contributed by atoms with Crippen molar-refractivity contribution in [3.63, 3.8) is 0 Å². The van der Waals surface area contributed by atoms with Gasteiger partial charge in [-0.15, -0.1) is 0 Å². The van der Waals surface area contributed by atoms with Crippen LogP contribution in [0.2, 0.25) is 0 Å². The number of para-hydroxylation sites is 1. The van der Waals surface area contributed by atoms with E-state index in [9.17, 15) is 4.79 Å². The van der Waals surface area contributed by atoms with E-state index in [1.807, 2.05) is 42.5 Å². The molecule has 34 heavy (non-hydrogen) atoms. The Balaban J connectivity index is 1.66. The van der Waals surface area contributed by atoms with Crippen LogP contribution in [-0.4, -0.2) is 12.6 Å². The molecule has 0 saturated carbocycles. The molecule has 5 nitrogen and oxygen atoms in total. The third-order valence-corrected chi connectivity index (χ3v) is 5.83. The highest BCUT2D eigenvalue weighted by Gasteiger charge is 2.17. The van der Waals surface area contributed by atoms with Crippen LogP contribution >= 0.6 is 0 Å². The predicted molar refractivity (Wildman–Crippen MR) is 135 cm³/mol. The fraction of sp³-hybridized carbons (Fsp3) is 0.276. The summed E-state index contributed by atoms with van der Waals surface area (Å²) in [4.78, 5) is 12.0. The Morgan fingerprint density at radius 2 is 1.79 bits per heavy atom. The zero-order chi connectivity index (χ0) is 23.9. The van der Waals surface area contributed by atoms with E-state index in [-0.39, 0.29) is 12.4 Å². The van der Waals surface area contributed by atoms with E-state index in [2.05, 4.69) is 31.2 Å². The second-order valence-corrected chi connectivity index (χ2v) is 8.25. The van der Waals surface area contributed by atoms with Crippen molar-refractivity contribution in [3.8, 4) is 16.9 Å². The normalized spacial score (nSPS) is 11.0. The first-order valence-corrected chi connectivity index (χ1v) is 11.8. The number of aryl methyl sites for hydroxylation is 1. The molecule has 0 atom stereocenters. The van der Waals surface area contributed by atoms with Crippen molar-refractivity contribution in [2.45, 2.75) is 46.3 Å². The van der Waals surface area contributed by atoms with Crippen LogP contribution in [-0.2, 0) is 35.5 Å². The van der Waals surface area contributed by atoms with Crippen LogP contribution in [0.25, 0.3) is 22.1 Å². The minimum Gasteiger partial charge on any atom is -0.488 e. The summed E-state index contributed by atoms with van der Waals surface area (Å²) in [6.07, 6.45) is 1.98. The van der Waals surface area contributed by atoms with Crippen molar-refractivity contribution in [2.24, 2.45) is 5.73 Å². The predicted octanol–water partition coefficient (Wildman–Crippen LogP) is 6.20. The van der Waals surface area contributed by atoms with Gasteiger partial charge in [0, 0.05) is 29.5 Å². The van der Waals surface area contributed by atoms with Gasteiger partial charge in [0.05, 0.1) is 13.0 Å². The number of furan rings is 1. The molecule has 1 aromatic heterocycles. The molecule has 4 rings (SSSR count). The number of benzene rings is 3. The minimum absolute atomic E-state index is 0.180. The van der Waals surface area contributed by atoms with E-state index >= 15 is 0 Å². The van der Waals surface area contributed by atoms with Gasteiger partial charge in [-0.2, -0.15) is 0 Å². The van der Waals surface area contributed by atoms with Crippen molar-refractivity contribution in [3.05, 3.63) is 89.2 Å². The first-order chi connectivity index (χ1) is 16.6. The van der Waals surface area contributed by atoms with Gasteiger partial charge in [0.15, 0.2) is 0 Å². The van der Waals surface area contributed by atoms with E-state index in [4.69, 9.17) is 19.6 Å². The van der Waals surface area contributed by atoms with Gasteiger partial charge >= 0.3 is 5.97 Å². The summed E-state index contributed by atoms with van der Waals surface area (Å²) in [6, 6.07) is 22.1. The lowest BCUT2D eigenvalue weighted by molar-refractivity contribution is -0.142. The molecule has 0 aliphatic carbocycles. The number of fused-ring (bicyclic) bond motifs is 1. The summed E-state index contributed by atoms with van der Waals surface area (Å²) in [6.45, 7) is 5.16. The largest absolute Gasteiger partial charge is 0.488 e. The average molecular weight is 458 g/mol. The van der Waals surface area contributed by atoms with Crippen molar-refractivity contribution < 1.29 is 18.7 Å². The van der Waals surface area contributed by atoms with Crippen LogP contribution in [0.5, 0.6) is 5.75 Å². The van der Waals surface area contributed by atoms with E-state index in [1.54, 1.807) is 6.92 Å². The standard InChI is InChI=1S/C29H31NO4/c1-3-8-27-25(19-33-26-12-6-5-10-23(26)17-29(31)32-4-2)24-16-22(13-14-28(24)34-27)21-11-7-9-20(15-21)18-30/h5-7,9-16H,3-4,8,17-19,30H2,1-2H3. The molecule has 0 amide bonds. The molecular weight excluding hydrogens is 426 g/mol. The molecule has 176 valence electrons. The lowest BCUT2D eigenvalue weighted by Gasteiger charge is -2.12. The Bertz CT molecular complexity index is 1270. The maximum Gasteiger partial charge on any atom is 0.310 e. The van der Waals surface area contributed by atoms with Gasteiger partial charge in [0.1, 0.15) is 23.7 Å². The van der Waals surface area contributed by atoms with Crippen LogP contribution in [0.4, 0.5) is 0 Å². The molecular formula is C29H31NO4. The molecule has 0 bridgehead atoms. The summed E-state index contributed by atoms with van der Waals surface area (Å²) in [5.41, 5.74) is 11.9. The number of esters is 1. The van der Waals surface area contributed by atoms with Crippen molar-refractivity contribution in [1.82, 2.24) is 0 Å². The van der Waals surface area contributed by atoms with Gasteiger partial charge in [0.2, 0.25) is 0 Å². The number of nitrogens with two attached hydrogens (primary N) is 1. The minimum atomic E-state index is -0.261. The summed E-state index contributed by atoms with van der Waals surface area (Å²) < 4.78 is 17.6. The van der Waals surface area contributed by atoms with Crippen LogP contribution in [0, 0.1) is 0 Å². The van der Waals surface area contributed by atoms with Crippen LogP contribution < -0.4 is 10.5 Å². The number of carbonyl (C=O) groups is 1. The average Bonchev–Trinajstić information content (AvgIpc) is 3.20. The summed E-state index contributed by atoms with van der Waals surface area (Å²) in [5.74, 6) is 1.36. The molecule has 0 aliphatic rings. The Morgan fingerprint density at radius 3 is 2.59 bits per heavy atom. The van der Waals surface area contributed by atoms with Crippen LogP contribution in [0.1, 0.15) is 42.7 Å². The van der Waals surface area contributed by atoms with E-state index in [0.717, 1.165) is 57.4 Å². The summed E-state index contributed by atoms with van der Waals surface area (Å²) in [5, 5.41) is 1.04. The maximum absolute atomic E-state index is 12.0. The molecule has 4 aromatic rings. The monoisotopic (exact) mass is 457 g/mol. The number of ether oxygens (including phenoxy) is 2. The Morgan fingerprint density at radius 1 is 0.971 bits per heavy atom. The van der Waals surface area contributed by atoms with Gasteiger partial charge in [-0.1, -0.05) is 49.4 Å². The zero-order valence-electron chi connectivity index (χ0n) is 19.8. The lowest BCUT2D eigenvalue weighted by atomic mass is 10.00. The SMILES string of the molecule is CCCc1oc2ccc(-c3cccc(CN)c3)cc2c1COc1ccccc1CC(=O)OCC. The van der Waals surface area contributed by atoms with Crippen molar-refractivity contribution >= 4 is 16.9 Å². The first-order valence-electron chi connectivity index (χ1n) is 11.8. The quantitative estimate of drug-likeness (QED) is 0.287. The lowest BCUT2D eigenvalue weighted by Crippen LogP contribution is -2.09. The van der Waals surface area contributed by atoms with Gasteiger partial charge in [-0.3, -0.25) is 4.79 Å². The van der Waals surface area contributed by atoms with E-state index < -0.39 is 0 Å². The number of rotatable bonds is 10. The Kier molecular flexibility index (Phi) is 7.65. The van der Waals surface area contributed by atoms with Gasteiger partial charge in [-0.25, -0.2) is 0 Å². The fourth-order valence-corrected chi connectivity index (χ4v) is 4.15. The Hall–Kier alpha value is -3.57. The number of carbonyl (C=O) groups excluding carboxylic acids is 1. The number of hydrogen-bond acceptors (Lipinski definition) is 5. The molecule has 0 spiro atoms. The second-order valence-electron chi connectivity index (χ2n) is 8.25. The Labute approximate surface area is 200 Å². The molecule has 5 heteroatoms. The van der Waals surface area contributed by atoms with E-state index in [0.29, 0.717) is 25.5 Å². The molecule has 0 radical (unpaired) electrons. The molecule has 0 unspecified atom stereocenters. The molecule has 0 aliphatic heterocycles. The second kappa shape index (κ2) is 11.0. The zero-order valence-corrected chi connectivity index (χ0v) is 19.8. The van der Waals surface area contributed by atoms with Gasteiger partial charge < -0.3 is 19.6 Å². The highest BCUT2D eigenvalue weighted by atomic mass is 16.5. The van der Waals surface area contributed by atoms with Gasteiger partial charge in [0.25, 0.3) is 0 Å². The molecule has 3 aromatic carbocycles. The van der Waals surface area contributed by atoms with Gasteiger partial charge in [-0.05, 0) is 54.3 Å². The van der Waals surface area contributed by atoms with E-state index in [1.165, 1.54) is 0 Å². The third-order valence-electron chi connectivity index (χ3n) is 5.83. The summed E-state index contributed by atoms with van der Waals surface area (Å²) >= 11 is 0. The fourth-order valence-electron chi connectivity index (χ4n) is 4.15. The highest BCUT2D eigenvalue weighted by Crippen LogP contribution is 2.33. The highest BCUT2D eigenvalue weighted by molar-refractivity contribution is 5.87. The van der Waals surface area contributed by atoms with Crippen LogP contribution in [0.3, 0.4) is 0 Å². The van der Waals surface area contributed by atoms with Crippen molar-refractivity contribution in [1.29, 1.82) is 0 Å². The molecule has 1 heterocycles. The smallest absolute Gasteiger partial charge is 0.310 e. The maximum atomic E-state index is 12.0. The topological polar surface area (TPSA) is 74.7 Å². The van der Waals surface area contributed by atoms with Crippen molar-refractivity contribution in [2.75, 3.05) is 6.61 Å². The first kappa shape index (κ1) is 23.6.